The monoisotopic (exact) mass is 220 g/mol. The lowest BCUT2D eigenvalue weighted by molar-refractivity contribution is 0.126. The molecule has 88 valence electrons. The van der Waals surface area contributed by atoms with E-state index in [9.17, 15) is 0 Å². The van der Waals surface area contributed by atoms with Gasteiger partial charge in [-0.05, 0) is 43.4 Å². The van der Waals surface area contributed by atoms with Crippen molar-refractivity contribution in [3.63, 3.8) is 0 Å². The molecule has 0 unspecified atom stereocenters. The minimum atomic E-state index is 0.837. The Kier molecular flexibility index (Phi) is 4.77. The number of hydrogen-bond acceptors (Lipinski definition) is 3. The number of ether oxygens (including phenoxy) is 1. The highest BCUT2D eigenvalue weighted by Gasteiger charge is 2.20. The summed E-state index contributed by atoms with van der Waals surface area (Å²) < 4.78 is 5.53. The average molecular weight is 220 g/mol. The first kappa shape index (κ1) is 11.6. The summed E-state index contributed by atoms with van der Waals surface area (Å²) in [7, 11) is 0. The van der Waals surface area contributed by atoms with E-state index >= 15 is 0 Å². The van der Waals surface area contributed by atoms with Gasteiger partial charge in [0.15, 0.2) is 0 Å². The summed E-state index contributed by atoms with van der Waals surface area (Å²) in [4.78, 5) is 4.09. The van der Waals surface area contributed by atoms with Crippen molar-refractivity contribution < 1.29 is 4.74 Å². The molecule has 0 radical (unpaired) electrons. The molecule has 0 bridgehead atoms. The van der Waals surface area contributed by atoms with Crippen LogP contribution in [0.1, 0.15) is 18.4 Å². The molecule has 1 aliphatic carbocycles. The SMILES string of the molecule is c1cncc(CCNCCOCC2CC2)c1. The van der Waals surface area contributed by atoms with E-state index < -0.39 is 0 Å². The molecule has 1 aliphatic rings. The van der Waals surface area contributed by atoms with Gasteiger partial charge in [-0.1, -0.05) is 6.07 Å². The Morgan fingerprint density at radius 1 is 1.38 bits per heavy atom. The van der Waals surface area contributed by atoms with Crippen molar-refractivity contribution in [2.45, 2.75) is 19.3 Å². The molecule has 0 spiro atoms. The van der Waals surface area contributed by atoms with Crippen molar-refractivity contribution in [2.75, 3.05) is 26.3 Å². The summed E-state index contributed by atoms with van der Waals surface area (Å²) >= 11 is 0. The van der Waals surface area contributed by atoms with Crippen LogP contribution in [0, 0.1) is 5.92 Å². The van der Waals surface area contributed by atoms with E-state index in [1.54, 1.807) is 0 Å². The van der Waals surface area contributed by atoms with Crippen LogP contribution in [0.5, 0.6) is 0 Å². The Balaban J connectivity index is 1.42. The summed E-state index contributed by atoms with van der Waals surface area (Å²) in [5.41, 5.74) is 1.29. The van der Waals surface area contributed by atoms with Crippen LogP contribution in [0.15, 0.2) is 24.5 Å². The molecular formula is C13H20N2O. The third kappa shape index (κ3) is 4.73. The predicted octanol–water partition coefficient (Wildman–Crippen LogP) is 1.64. The molecule has 3 heteroatoms. The highest BCUT2D eigenvalue weighted by atomic mass is 16.5. The first-order valence-corrected chi connectivity index (χ1v) is 6.12. The Hall–Kier alpha value is -0.930. The van der Waals surface area contributed by atoms with Gasteiger partial charge in [-0.25, -0.2) is 0 Å². The third-order valence-electron chi connectivity index (χ3n) is 2.79. The average Bonchev–Trinajstić information content (AvgIpc) is 3.13. The smallest absolute Gasteiger partial charge is 0.0591 e. The maximum absolute atomic E-state index is 5.53. The zero-order valence-electron chi connectivity index (χ0n) is 9.69. The highest BCUT2D eigenvalue weighted by molar-refractivity contribution is 5.08. The van der Waals surface area contributed by atoms with Crippen LogP contribution < -0.4 is 5.32 Å². The van der Waals surface area contributed by atoms with Gasteiger partial charge in [0.2, 0.25) is 0 Å². The van der Waals surface area contributed by atoms with Gasteiger partial charge in [-0.3, -0.25) is 4.98 Å². The van der Waals surface area contributed by atoms with Gasteiger partial charge in [0.05, 0.1) is 6.61 Å². The second kappa shape index (κ2) is 6.61. The summed E-state index contributed by atoms with van der Waals surface area (Å²) in [6, 6.07) is 4.09. The number of nitrogens with one attached hydrogen (secondary N) is 1. The lowest BCUT2D eigenvalue weighted by Gasteiger charge is -2.05. The van der Waals surface area contributed by atoms with E-state index in [2.05, 4.69) is 16.4 Å². The number of rotatable bonds is 8. The Morgan fingerprint density at radius 3 is 3.06 bits per heavy atom. The summed E-state index contributed by atoms with van der Waals surface area (Å²) in [6.45, 7) is 3.75. The normalized spacial score (nSPS) is 15.2. The van der Waals surface area contributed by atoms with E-state index in [4.69, 9.17) is 4.74 Å². The van der Waals surface area contributed by atoms with Gasteiger partial charge in [-0.2, -0.15) is 0 Å². The van der Waals surface area contributed by atoms with Gasteiger partial charge >= 0.3 is 0 Å². The summed E-state index contributed by atoms with van der Waals surface area (Å²) in [5.74, 6) is 0.871. The van der Waals surface area contributed by atoms with Gasteiger partial charge in [-0.15, -0.1) is 0 Å². The quantitative estimate of drug-likeness (QED) is 0.676. The molecule has 1 aromatic heterocycles. The van der Waals surface area contributed by atoms with Crippen LogP contribution in [0.2, 0.25) is 0 Å². The molecule has 16 heavy (non-hydrogen) atoms. The van der Waals surface area contributed by atoms with Crippen LogP contribution in [-0.4, -0.2) is 31.3 Å². The number of pyridine rings is 1. The van der Waals surface area contributed by atoms with Crippen LogP contribution in [0.4, 0.5) is 0 Å². The minimum absolute atomic E-state index is 0.837. The molecule has 0 amide bonds. The van der Waals surface area contributed by atoms with Crippen LogP contribution in [-0.2, 0) is 11.2 Å². The standard InChI is InChI=1S/C13H20N2O/c1-2-12(10-15-6-1)5-7-14-8-9-16-11-13-3-4-13/h1-2,6,10,13-14H,3-5,7-9,11H2. The van der Waals surface area contributed by atoms with Crippen molar-refractivity contribution in [1.29, 1.82) is 0 Å². The van der Waals surface area contributed by atoms with Crippen molar-refractivity contribution in [2.24, 2.45) is 5.92 Å². The first-order valence-electron chi connectivity index (χ1n) is 6.12. The van der Waals surface area contributed by atoms with Gasteiger partial charge in [0.1, 0.15) is 0 Å². The molecular weight excluding hydrogens is 200 g/mol. The highest BCUT2D eigenvalue weighted by Crippen LogP contribution is 2.28. The maximum Gasteiger partial charge on any atom is 0.0591 e. The lowest BCUT2D eigenvalue weighted by atomic mass is 10.2. The van der Waals surface area contributed by atoms with Gasteiger partial charge in [0.25, 0.3) is 0 Å². The van der Waals surface area contributed by atoms with E-state index in [0.717, 1.165) is 38.6 Å². The molecule has 0 atom stereocenters. The van der Waals surface area contributed by atoms with E-state index in [1.807, 2.05) is 18.5 Å². The van der Waals surface area contributed by atoms with E-state index in [1.165, 1.54) is 18.4 Å². The number of nitrogens with zero attached hydrogens (tertiary/aromatic N) is 1. The van der Waals surface area contributed by atoms with E-state index in [-0.39, 0.29) is 0 Å². The summed E-state index contributed by atoms with van der Waals surface area (Å²) in [6.07, 6.45) is 7.51. The topological polar surface area (TPSA) is 34.2 Å². The lowest BCUT2D eigenvalue weighted by Crippen LogP contribution is -2.22. The van der Waals surface area contributed by atoms with Gasteiger partial charge < -0.3 is 10.1 Å². The molecule has 0 aliphatic heterocycles. The number of hydrogen-bond donors (Lipinski definition) is 1. The molecule has 1 saturated carbocycles. The number of aromatic nitrogens is 1. The second-order valence-electron chi connectivity index (χ2n) is 4.38. The Morgan fingerprint density at radius 2 is 2.31 bits per heavy atom. The van der Waals surface area contributed by atoms with Crippen molar-refractivity contribution in [3.05, 3.63) is 30.1 Å². The zero-order chi connectivity index (χ0) is 11.1. The molecule has 0 aromatic carbocycles. The molecule has 0 saturated heterocycles. The van der Waals surface area contributed by atoms with Crippen molar-refractivity contribution >= 4 is 0 Å². The van der Waals surface area contributed by atoms with E-state index in [0.29, 0.717) is 0 Å². The molecule has 1 N–H and O–H groups in total. The molecule has 2 rings (SSSR count). The largest absolute Gasteiger partial charge is 0.380 e. The zero-order valence-corrected chi connectivity index (χ0v) is 9.69. The Bertz CT molecular complexity index is 285. The van der Waals surface area contributed by atoms with Crippen molar-refractivity contribution in [1.82, 2.24) is 10.3 Å². The van der Waals surface area contributed by atoms with Crippen LogP contribution >= 0.6 is 0 Å². The van der Waals surface area contributed by atoms with Crippen LogP contribution in [0.25, 0.3) is 0 Å². The third-order valence-corrected chi connectivity index (χ3v) is 2.79. The Labute approximate surface area is 97.2 Å². The van der Waals surface area contributed by atoms with Crippen molar-refractivity contribution in [3.8, 4) is 0 Å². The molecule has 3 nitrogen and oxygen atoms in total. The minimum Gasteiger partial charge on any atom is -0.380 e. The first-order chi connectivity index (χ1) is 7.95. The van der Waals surface area contributed by atoms with Gasteiger partial charge in [0, 0.05) is 25.5 Å². The fraction of sp³-hybridized carbons (Fsp3) is 0.615. The fourth-order valence-electron chi connectivity index (χ4n) is 1.58. The van der Waals surface area contributed by atoms with Crippen LogP contribution in [0.3, 0.4) is 0 Å². The second-order valence-corrected chi connectivity index (χ2v) is 4.38. The summed E-state index contributed by atoms with van der Waals surface area (Å²) in [5, 5.41) is 3.38. The molecule has 1 heterocycles. The fourth-order valence-corrected chi connectivity index (χ4v) is 1.58. The predicted molar refractivity (Wildman–Crippen MR) is 64.4 cm³/mol. The molecule has 1 aromatic rings. The molecule has 1 fully saturated rings. The maximum atomic E-state index is 5.53.